The highest BCUT2D eigenvalue weighted by Gasteiger charge is 2.50. The molecule has 0 radical (unpaired) electrons. The van der Waals surface area contributed by atoms with Crippen LogP contribution in [0.2, 0.25) is 0 Å². The normalized spacial score (nSPS) is 24.1. The first-order chi connectivity index (χ1) is 16.1. The molecule has 2 fully saturated rings. The summed E-state index contributed by atoms with van der Waals surface area (Å²) in [5.74, 6) is 0. The first kappa shape index (κ1) is 21.7. The van der Waals surface area contributed by atoms with Gasteiger partial charge in [0.05, 0.1) is 39.3 Å². The van der Waals surface area contributed by atoms with E-state index in [0.717, 1.165) is 48.1 Å². The summed E-state index contributed by atoms with van der Waals surface area (Å²) in [4.78, 5) is 15.5. The number of nitrogens with zero attached hydrogens (tertiary/aromatic N) is 2. The Morgan fingerprint density at radius 3 is 2.09 bits per heavy atom. The van der Waals surface area contributed by atoms with Crippen LogP contribution >= 0.6 is 0 Å². The summed E-state index contributed by atoms with van der Waals surface area (Å²) in [6, 6.07) is 31.9. The van der Waals surface area contributed by atoms with Crippen molar-refractivity contribution in [2.24, 2.45) is 0 Å². The Bertz CT molecular complexity index is 1030. The molecule has 2 amide bonds. The first-order valence-electron chi connectivity index (χ1n) is 12.2. The predicted molar refractivity (Wildman–Crippen MR) is 133 cm³/mol. The molecule has 2 aliphatic heterocycles. The molecule has 0 spiro atoms. The number of urea groups is 1. The lowest BCUT2D eigenvalue weighted by molar-refractivity contribution is -0.898. The van der Waals surface area contributed by atoms with Crippen LogP contribution in [0.4, 0.5) is 4.79 Å². The minimum Gasteiger partial charge on any atom is -0.324 e. The second-order valence-corrected chi connectivity index (χ2v) is 9.98. The lowest BCUT2D eigenvalue weighted by Crippen LogP contribution is -2.47. The number of quaternary nitrogens is 1. The van der Waals surface area contributed by atoms with Crippen LogP contribution in [0.3, 0.4) is 0 Å². The summed E-state index contributed by atoms with van der Waals surface area (Å²) < 4.78 is 1.05. The van der Waals surface area contributed by atoms with Crippen molar-refractivity contribution < 1.29 is 9.28 Å². The number of hydrogen-bond acceptors (Lipinski definition) is 1. The molecule has 0 bridgehead atoms. The lowest BCUT2D eigenvalue weighted by Gasteiger charge is -2.32. The van der Waals surface area contributed by atoms with Crippen LogP contribution in [0.15, 0.2) is 91.0 Å². The summed E-state index contributed by atoms with van der Waals surface area (Å²) in [6.45, 7) is 3.99. The Labute approximate surface area is 197 Å². The molecule has 2 atom stereocenters. The SMILES string of the molecule is C[N+]1(CCCc2ccccc2)CCC(N2CC(c3ccccc3)(c3ccccc3)NC2=O)C1. The van der Waals surface area contributed by atoms with Gasteiger partial charge in [0.25, 0.3) is 0 Å². The molecular weight excluding hydrogens is 406 g/mol. The third-order valence-electron chi connectivity index (χ3n) is 7.62. The van der Waals surface area contributed by atoms with Gasteiger partial charge >= 0.3 is 6.03 Å². The lowest BCUT2D eigenvalue weighted by atomic mass is 9.83. The van der Waals surface area contributed by atoms with Crippen molar-refractivity contribution >= 4 is 6.03 Å². The molecule has 0 saturated carbocycles. The van der Waals surface area contributed by atoms with Crippen molar-refractivity contribution in [2.75, 3.05) is 33.2 Å². The van der Waals surface area contributed by atoms with Crippen molar-refractivity contribution in [3.05, 3.63) is 108 Å². The van der Waals surface area contributed by atoms with Crippen LogP contribution in [-0.4, -0.2) is 54.7 Å². The highest BCUT2D eigenvalue weighted by molar-refractivity contribution is 5.80. The Morgan fingerprint density at radius 2 is 1.48 bits per heavy atom. The highest BCUT2D eigenvalue weighted by atomic mass is 16.2. The van der Waals surface area contributed by atoms with Gasteiger partial charge in [-0.2, -0.15) is 0 Å². The molecule has 1 N–H and O–H groups in total. The average Bonchev–Trinajstić information content (AvgIpc) is 3.42. The zero-order valence-electron chi connectivity index (χ0n) is 19.5. The molecule has 3 aromatic rings. The molecular formula is C29H34N3O+. The van der Waals surface area contributed by atoms with Crippen LogP contribution < -0.4 is 5.32 Å². The second kappa shape index (κ2) is 9.03. The van der Waals surface area contributed by atoms with Gasteiger partial charge < -0.3 is 14.7 Å². The van der Waals surface area contributed by atoms with Gasteiger partial charge in [-0.3, -0.25) is 0 Å². The number of nitrogens with one attached hydrogen (secondary N) is 1. The Kier molecular flexibility index (Phi) is 5.94. The fraction of sp³-hybridized carbons (Fsp3) is 0.345. The minimum atomic E-state index is -0.501. The van der Waals surface area contributed by atoms with Gasteiger partial charge in [0, 0.05) is 12.8 Å². The van der Waals surface area contributed by atoms with E-state index in [2.05, 4.69) is 96.1 Å². The number of aryl methyl sites for hydroxylation is 1. The maximum Gasteiger partial charge on any atom is 0.319 e. The van der Waals surface area contributed by atoms with E-state index in [1.165, 1.54) is 12.0 Å². The zero-order chi connectivity index (χ0) is 22.7. The predicted octanol–water partition coefficient (Wildman–Crippen LogP) is 4.81. The van der Waals surface area contributed by atoms with Crippen LogP contribution in [0.5, 0.6) is 0 Å². The van der Waals surface area contributed by atoms with Gasteiger partial charge in [0.1, 0.15) is 5.54 Å². The smallest absolute Gasteiger partial charge is 0.319 e. The number of carbonyl (C=O) groups is 1. The minimum absolute atomic E-state index is 0.0606. The molecule has 2 heterocycles. The van der Waals surface area contributed by atoms with E-state index < -0.39 is 5.54 Å². The van der Waals surface area contributed by atoms with Gasteiger partial charge in [-0.25, -0.2) is 4.79 Å². The molecule has 4 nitrogen and oxygen atoms in total. The first-order valence-corrected chi connectivity index (χ1v) is 12.2. The van der Waals surface area contributed by atoms with Gasteiger partial charge in [-0.05, 0) is 23.1 Å². The van der Waals surface area contributed by atoms with Crippen LogP contribution in [0.1, 0.15) is 29.5 Å². The molecule has 2 aliphatic rings. The molecule has 4 heteroatoms. The van der Waals surface area contributed by atoms with E-state index in [0.29, 0.717) is 6.54 Å². The molecule has 5 rings (SSSR count). The van der Waals surface area contributed by atoms with Crippen molar-refractivity contribution in [3.63, 3.8) is 0 Å². The average molecular weight is 441 g/mol. The number of benzene rings is 3. The van der Waals surface area contributed by atoms with Crippen molar-refractivity contribution in [2.45, 2.75) is 30.8 Å². The number of rotatable bonds is 7. The third-order valence-corrected chi connectivity index (χ3v) is 7.62. The van der Waals surface area contributed by atoms with E-state index in [1.54, 1.807) is 0 Å². The molecule has 0 aliphatic carbocycles. The van der Waals surface area contributed by atoms with Crippen LogP contribution in [0, 0.1) is 0 Å². The summed E-state index contributed by atoms with van der Waals surface area (Å²) in [5.41, 5.74) is 3.20. The summed E-state index contributed by atoms with van der Waals surface area (Å²) in [7, 11) is 2.36. The third kappa shape index (κ3) is 4.40. The summed E-state index contributed by atoms with van der Waals surface area (Å²) >= 11 is 0. The molecule has 2 unspecified atom stereocenters. The fourth-order valence-corrected chi connectivity index (χ4v) is 5.77. The summed E-state index contributed by atoms with van der Waals surface area (Å²) in [5, 5.41) is 3.40. The van der Waals surface area contributed by atoms with Gasteiger partial charge in [-0.1, -0.05) is 91.0 Å². The molecule has 3 aromatic carbocycles. The van der Waals surface area contributed by atoms with E-state index in [4.69, 9.17) is 0 Å². The molecule has 33 heavy (non-hydrogen) atoms. The zero-order valence-corrected chi connectivity index (χ0v) is 19.5. The topological polar surface area (TPSA) is 32.3 Å². The number of likely N-dealkylation sites (N-methyl/N-ethyl adjacent to an activating group) is 1. The number of hydrogen-bond donors (Lipinski definition) is 1. The second-order valence-electron chi connectivity index (χ2n) is 9.98. The van der Waals surface area contributed by atoms with Crippen molar-refractivity contribution in [3.8, 4) is 0 Å². The number of likely N-dealkylation sites (tertiary alicyclic amines) is 1. The Morgan fingerprint density at radius 1 is 0.909 bits per heavy atom. The van der Waals surface area contributed by atoms with Crippen LogP contribution in [-0.2, 0) is 12.0 Å². The molecule has 2 saturated heterocycles. The maximum atomic E-state index is 13.3. The standard InChI is InChI=1S/C29H33N3O/c1-32(20-11-14-24-12-5-2-6-13-24)21-19-27(22-32)31-23-29(30-28(31)33,25-15-7-3-8-16-25)26-17-9-4-10-18-26/h2-10,12-13,15-18,27H,11,14,19-23H2,1H3/p+1. The molecule has 170 valence electrons. The van der Waals surface area contributed by atoms with E-state index in [9.17, 15) is 4.79 Å². The fourth-order valence-electron chi connectivity index (χ4n) is 5.77. The van der Waals surface area contributed by atoms with Crippen molar-refractivity contribution in [1.29, 1.82) is 0 Å². The maximum absolute atomic E-state index is 13.3. The van der Waals surface area contributed by atoms with E-state index in [1.807, 2.05) is 12.1 Å². The van der Waals surface area contributed by atoms with Gasteiger partial charge in [-0.15, -0.1) is 0 Å². The van der Waals surface area contributed by atoms with Crippen molar-refractivity contribution in [1.82, 2.24) is 10.2 Å². The number of carbonyl (C=O) groups excluding carboxylic acids is 1. The Hall–Kier alpha value is -3.11. The largest absolute Gasteiger partial charge is 0.324 e. The highest BCUT2D eigenvalue weighted by Crippen LogP contribution is 2.37. The van der Waals surface area contributed by atoms with Gasteiger partial charge in [0.2, 0.25) is 0 Å². The monoisotopic (exact) mass is 440 g/mol. The number of amides is 2. The summed E-state index contributed by atoms with van der Waals surface area (Å²) in [6.07, 6.45) is 3.36. The molecule has 0 aromatic heterocycles. The van der Waals surface area contributed by atoms with Gasteiger partial charge in [0.15, 0.2) is 0 Å². The van der Waals surface area contributed by atoms with E-state index in [-0.39, 0.29) is 12.1 Å². The Balaban J connectivity index is 1.31. The van der Waals surface area contributed by atoms with Crippen LogP contribution in [0.25, 0.3) is 0 Å². The quantitative estimate of drug-likeness (QED) is 0.526. The van der Waals surface area contributed by atoms with E-state index >= 15 is 0 Å².